The molecule has 3 amide bonds. The van der Waals surface area contributed by atoms with Crippen molar-refractivity contribution < 1.29 is 29.0 Å². The van der Waals surface area contributed by atoms with Crippen molar-refractivity contribution in [3.63, 3.8) is 0 Å². The van der Waals surface area contributed by atoms with E-state index in [4.69, 9.17) is 9.47 Å². The van der Waals surface area contributed by atoms with Crippen molar-refractivity contribution in [1.29, 1.82) is 0 Å². The first-order chi connectivity index (χ1) is 18.9. The summed E-state index contributed by atoms with van der Waals surface area (Å²) >= 11 is 3.17. The fourth-order valence-corrected chi connectivity index (χ4v) is 5.87. The van der Waals surface area contributed by atoms with Crippen molar-refractivity contribution in [1.82, 2.24) is 15.1 Å². The van der Waals surface area contributed by atoms with Crippen molar-refractivity contribution in [3.8, 4) is 11.5 Å². The second kappa shape index (κ2) is 13.5. The number of urea groups is 1. The fourth-order valence-electron chi connectivity index (χ4n) is 4.44. The molecule has 1 aliphatic heterocycles. The monoisotopic (exact) mass is 571 g/mol. The number of nitrogens with one attached hydrogen (secondary N) is 1. The summed E-state index contributed by atoms with van der Waals surface area (Å²) in [5.74, 6) is -0.133. The Morgan fingerprint density at radius 3 is 2.28 bits per heavy atom. The van der Waals surface area contributed by atoms with Crippen LogP contribution in [-0.4, -0.2) is 52.7 Å². The number of amides is 3. The molecule has 0 aliphatic carbocycles. The Balaban J connectivity index is 1.54. The van der Waals surface area contributed by atoms with Crippen LogP contribution in [0, 0.1) is 0 Å². The second-order valence-electron chi connectivity index (χ2n) is 9.33. The molecule has 1 aliphatic rings. The molecular weight excluding hydrogens is 538 g/mol. The minimum atomic E-state index is -1.05. The van der Waals surface area contributed by atoms with E-state index in [1.807, 2.05) is 41.9 Å². The van der Waals surface area contributed by atoms with Gasteiger partial charge in [0.25, 0.3) is 0 Å². The molecule has 9 nitrogen and oxygen atoms in total. The smallest absolute Gasteiger partial charge is 0.318 e. The highest BCUT2D eigenvalue weighted by atomic mass is 32.1. The zero-order chi connectivity index (χ0) is 27.8. The number of benzene rings is 1. The standard InChI is InChI=1S/C28H33N3O6S2/c1-3-4-9-22(27(34)31(16-20-7-5-12-38-20)17-21-8-6-13-39-21)29-28(35)30(2)23(15-26(32)33)19-10-11-24-25(14-19)37-18-36-24/h5-8,10-14,22-23H,3-4,9,15-18H2,1-2H3,(H,29,35)(H,32,33)/t22?,23-/m0/s1. The van der Waals surface area contributed by atoms with Crippen LogP contribution >= 0.6 is 22.7 Å². The fraction of sp³-hybridized carbons (Fsp3) is 0.393. The van der Waals surface area contributed by atoms with Gasteiger partial charge in [-0.1, -0.05) is 38.0 Å². The van der Waals surface area contributed by atoms with Crippen molar-refractivity contribution in [2.45, 2.75) is 57.8 Å². The van der Waals surface area contributed by atoms with Gasteiger partial charge in [0, 0.05) is 16.8 Å². The van der Waals surface area contributed by atoms with Crippen molar-refractivity contribution in [2.24, 2.45) is 0 Å². The number of aliphatic carboxylic acids is 1. The third-order valence-corrected chi connectivity index (χ3v) is 8.27. The molecule has 0 saturated carbocycles. The third kappa shape index (κ3) is 7.51. The Morgan fingerprint density at radius 2 is 1.69 bits per heavy atom. The molecule has 3 heterocycles. The lowest BCUT2D eigenvalue weighted by atomic mass is 10.0. The van der Waals surface area contributed by atoms with Gasteiger partial charge >= 0.3 is 12.0 Å². The number of hydrogen-bond acceptors (Lipinski definition) is 7. The van der Waals surface area contributed by atoms with Gasteiger partial charge in [0.15, 0.2) is 11.5 Å². The molecule has 0 radical (unpaired) electrons. The predicted octanol–water partition coefficient (Wildman–Crippen LogP) is 5.48. The van der Waals surface area contributed by atoms with E-state index in [2.05, 4.69) is 5.32 Å². The van der Waals surface area contributed by atoms with Gasteiger partial charge in [-0.15, -0.1) is 22.7 Å². The van der Waals surface area contributed by atoms with E-state index in [-0.39, 0.29) is 19.1 Å². The molecule has 0 saturated heterocycles. The summed E-state index contributed by atoms with van der Waals surface area (Å²) in [6, 6.07) is 11.0. The molecule has 0 fully saturated rings. The summed E-state index contributed by atoms with van der Waals surface area (Å²) < 4.78 is 10.8. The van der Waals surface area contributed by atoms with Crippen LogP contribution in [0.5, 0.6) is 11.5 Å². The number of carbonyl (C=O) groups is 3. The molecule has 11 heteroatoms. The van der Waals surface area contributed by atoms with Crippen LogP contribution in [0.4, 0.5) is 4.79 Å². The number of carboxylic acid groups (broad SMARTS) is 1. The molecule has 0 bridgehead atoms. The summed E-state index contributed by atoms with van der Waals surface area (Å²) in [6.07, 6.45) is 1.80. The number of carbonyl (C=O) groups excluding carboxylic acids is 2. The van der Waals surface area contributed by atoms with E-state index in [1.54, 1.807) is 52.8 Å². The highest BCUT2D eigenvalue weighted by Crippen LogP contribution is 2.36. The maximum Gasteiger partial charge on any atom is 0.318 e. The number of ether oxygens (including phenoxy) is 2. The van der Waals surface area contributed by atoms with Gasteiger partial charge < -0.3 is 29.7 Å². The highest BCUT2D eigenvalue weighted by molar-refractivity contribution is 7.10. The molecule has 2 atom stereocenters. The SMILES string of the molecule is CCCCC(NC(=O)N(C)[C@@H](CC(=O)O)c1ccc2c(c1)OCO2)C(=O)N(Cc1cccs1)Cc1cccs1. The molecule has 1 unspecified atom stereocenters. The molecule has 208 valence electrons. The Morgan fingerprint density at radius 1 is 1.03 bits per heavy atom. The minimum absolute atomic E-state index is 0.0906. The topological polar surface area (TPSA) is 108 Å². The predicted molar refractivity (Wildman–Crippen MR) is 150 cm³/mol. The van der Waals surface area contributed by atoms with Gasteiger partial charge in [-0.3, -0.25) is 9.59 Å². The van der Waals surface area contributed by atoms with Crippen LogP contribution in [-0.2, 0) is 22.7 Å². The number of rotatable bonds is 13. The largest absolute Gasteiger partial charge is 0.481 e. The molecule has 3 aromatic rings. The van der Waals surface area contributed by atoms with E-state index in [1.165, 1.54) is 4.90 Å². The van der Waals surface area contributed by atoms with Crippen molar-refractivity contribution in [3.05, 3.63) is 68.5 Å². The molecule has 0 spiro atoms. The number of unbranched alkanes of at least 4 members (excludes halogenated alkanes) is 1. The summed E-state index contributed by atoms with van der Waals surface area (Å²) in [5, 5.41) is 16.5. The maximum absolute atomic E-state index is 13.9. The molecular formula is C28H33N3O6S2. The lowest BCUT2D eigenvalue weighted by Gasteiger charge is -2.32. The van der Waals surface area contributed by atoms with E-state index < -0.39 is 24.1 Å². The van der Waals surface area contributed by atoms with Crippen LogP contribution < -0.4 is 14.8 Å². The van der Waals surface area contributed by atoms with Crippen LogP contribution in [0.2, 0.25) is 0 Å². The minimum Gasteiger partial charge on any atom is -0.481 e. The molecule has 1 aromatic carbocycles. The summed E-state index contributed by atoms with van der Waals surface area (Å²) in [4.78, 5) is 44.4. The lowest BCUT2D eigenvalue weighted by molar-refractivity contribution is -0.138. The molecule has 2 N–H and O–H groups in total. The van der Waals surface area contributed by atoms with Gasteiger partial charge in [-0.05, 0) is 47.0 Å². The number of hydrogen-bond donors (Lipinski definition) is 2. The Kier molecular flexibility index (Phi) is 9.83. The van der Waals surface area contributed by atoms with Gasteiger partial charge in [0.05, 0.1) is 25.6 Å². The van der Waals surface area contributed by atoms with Gasteiger partial charge in [0.2, 0.25) is 12.7 Å². The first kappa shape index (κ1) is 28.4. The van der Waals surface area contributed by atoms with E-state index in [0.717, 1.165) is 22.6 Å². The van der Waals surface area contributed by atoms with Gasteiger partial charge in [0.1, 0.15) is 6.04 Å². The lowest BCUT2D eigenvalue weighted by Crippen LogP contribution is -2.51. The number of thiophene rings is 2. The van der Waals surface area contributed by atoms with Crippen LogP contribution in [0.1, 0.15) is 54.0 Å². The molecule has 39 heavy (non-hydrogen) atoms. The number of fused-ring (bicyclic) bond motifs is 1. The van der Waals surface area contributed by atoms with Gasteiger partial charge in [-0.2, -0.15) is 0 Å². The third-order valence-electron chi connectivity index (χ3n) is 6.54. The molecule has 2 aromatic heterocycles. The van der Waals surface area contributed by atoms with Crippen LogP contribution in [0.15, 0.2) is 53.2 Å². The molecule has 4 rings (SSSR count). The quantitative estimate of drug-likeness (QED) is 0.281. The van der Waals surface area contributed by atoms with Gasteiger partial charge in [-0.25, -0.2) is 4.79 Å². The summed E-state index contributed by atoms with van der Waals surface area (Å²) in [5.41, 5.74) is 0.604. The van der Waals surface area contributed by atoms with Crippen molar-refractivity contribution in [2.75, 3.05) is 13.8 Å². The second-order valence-corrected chi connectivity index (χ2v) is 11.4. The first-order valence-corrected chi connectivity index (χ1v) is 14.6. The summed E-state index contributed by atoms with van der Waals surface area (Å²) in [6.45, 7) is 3.02. The van der Waals surface area contributed by atoms with Crippen LogP contribution in [0.3, 0.4) is 0 Å². The maximum atomic E-state index is 13.9. The Hall–Kier alpha value is -3.57. The first-order valence-electron chi connectivity index (χ1n) is 12.8. The van der Waals surface area contributed by atoms with Crippen molar-refractivity contribution >= 4 is 40.6 Å². The summed E-state index contributed by atoms with van der Waals surface area (Å²) in [7, 11) is 1.55. The van der Waals surface area contributed by atoms with E-state index in [0.29, 0.717) is 36.6 Å². The average molecular weight is 572 g/mol. The highest BCUT2D eigenvalue weighted by Gasteiger charge is 2.31. The number of carboxylic acids is 1. The Labute approximate surface area is 236 Å². The zero-order valence-corrected chi connectivity index (χ0v) is 23.6. The zero-order valence-electron chi connectivity index (χ0n) is 22.0. The normalized spacial score (nSPS) is 13.5. The number of nitrogens with zero attached hydrogens (tertiary/aromatic N) is 2. The van der Waals surface area contributed by atoms with Crippen LogP contribution in [0.25, 0.3) is 0 Å². The van der Waals surface area contributed by atoms with E-state index in [9.17, 15) is 19.5 Å². The Bertz CT molecular complexity index is 1210. The average Bonchev–Trinajstić information content (AvgIpc) is 3.71. The van der Waals surface area contributed by atoms with E-state index >= 15 is 0 Å².